The smallest absolute Gasteiger partial charge is 0.243 e. The van der Waals surface area contributed by atoms with E-state index in [9.17, 15) is 8.42 Å². The van der Waals surface area contributed by atoms with Gasteiger partial charge in [0.25, 0.3) is 0 Å². The van der Waals surface area contributed by atoms with Crippen LogP contribution < -0.4 is 0 Å². The Balaban J connectivity index is 2.26. The van der Waals surface area contributed by atoms with Crippen LogP contribution in [0, 0.1) is 19.8 Å². The van der Waals surface area contributed by atoms with Crippen molar-refractivity contribution in [1.29, 1.82) is 0 Å². The molecule has 0 spiro atoms. The number of hydrogen-bond acceptors (Lipinski definition) is 3. The van der Waals surface area contributed by atoms with Gasteiger partial charge in [0.15, 0.2) is 0 Å². The van der Waals surface area contributed by atoms with Crippen LogP contribution in [0.4, 0.5) is 0 Å². The average molecular weight is 283 g/mol. The number of aliphatic hydroxyl groups is 1. The molecular weight excluding hydrogens is 262 g/mol. The maximum atomic E-state index is 12.6. The van der Waals surface area contributed by atoms with E-state index in [4.69, 9.17) is 5.11 Å². The van der Waals surface area contributed by atoms with Crippen LogP contribution in [0.5, 0.6) is 0 Å². The van der Waals surface area contributed by atoms with Gasteiger partial charge in [0, 0.05) is 19.7 Å². The van der Waals surface area contributed by atoms with Crippen molar-refractivity contribution < 1.29 is 13.5 Å². The van der Waals surface area contributed by atoms with Gasteiger partial charge in [0.1, 0.15) is 0 Å². The first-order chi connectivity index (χ1) is 8.95. The van der Waals surface area contributed by atoms with Crippen LogP contribution in [0.25, 0.3) is 0 Å². The number of piperidine rings is 1. The van der Waals surface area contributed by atoms with Crippen LogP contribution >= 0.6 is 0 Å². The Kier molecular flexibility index (Phi) is 4.28. The molecule has 1 N–H and O–H groups in total. The highest BCUT2D eigenvalue weighted by Gasteiger charge is 2.30. The molecule has 106 valence electrons. The minimum Gasteiger partial charge on any atom is -0.396 e. The molecule has 1 aliphatic rings. The van der Waals surface area contributed by atoms with Gasteiger partial charge in [0.05, 0.1) is 4.90 Å². The SMILES string of the molecule is Cc1ccc(C)c(S(=O)(=O)N2CCC(CO)CC2)c1. The number of sulfonamides is 1. The average Bonchev–Trinajstić information content (AvgIpc) is 2.41. The van der Waals surface area contributed by atoms with Crippen molar-refractivity contribution in [2.24, 2.45) is 5.92 Å². The summed E-state index contributed by atoms with van der Waals surface area (Å²) in [7, 11) is -3.40. The maximum Gasteiger partial charge on any atom is 0.243 e. The van der Waals surface area contributed by atoms with E-state index in [1.165, 1.54) is 0 Å². The maximum absolute atomic E-state index is 12.6. The zero-order valence-corrected chi connectivity index (χ0v) is 12.3. The lowest BCUT2D eigenvalue weighted by atomic mass is 10.00. The van der Waals surface area contributed by atoms with Crippen LogP contribution in [0.15, 0.2) is 23.1 Å². The summed E-state index contributed by atoms with van der Waals surface area (Å²) in [4.78, 5) is 0.412. The van der Waals surface area contributed by atoms with Crippen molar-refractivity contribution in [3.05, 3.63) is 29.3 Å². The lowest BCUT2D eigenvalue weighted by Gasteiger charge is -2.30. The summed E-state index contributed by atoms with van der Waals surface area (Å²) in [5.41, 5.74) is 1.74. The lowest BCUT2D eigenvalue weighted by Crippen LogP contribution is -2.39. The molecule has 0 amide bonds. The number of rotatable bonds is 3. The molecule has 1 fully saturated rings. The van der Waals surface area contributed by atoms with E-state index in [2.05, 4.69) is 0 Å². The Morgan fingerprint density at radius 2 is 1.89 bits per heavy atom. The van der Waals surface area contributed by atoms with Gasteiger partial charge >= 0.3 is 0 Å². The van der Waals surface area contributed by atoms with Crippen molar-refractivity contribution >= 4 is 10.0 Å². The van der Waals surface area contributed by atoms with Gasteiger partial charge in [-0.2, -0.15) is 4.31 Å². The second kappa shape index (κ2) is 5.61. The molecule has 0 atom stereocenters. The first-order valence-electron chi connectivity index (χ1n) is 6.63. The standard InChI is InChI=1S/C14H21NO3S/c1-11-3-4-12(2)14(9-11)19(17,18)15-7-5-13(10-16)6-8-15/h3-4,9,13,16H,5-8,10H2,1-2H3. The molecule has 1 heterocycles. The summed E-state index contributed by atoms with van der Waals surface area (Å²) in [5.74, 6) is 0.241. The molecule has 2 rings (SSSR count). The molecule has 0 aromatic heterocycles. The molecule has 0 bridgehead atoms. The van der Waals surface area contributed by atoms with Gasteiger partial charge in [0.2, 0.25) is 10.0 Å². The third kappa shape index (κ3) is 2.99. The molecule has 1 aromatic carbocycles. The molecule has 1 saturated heterocycles. The third-order valence-corrected chi connectivity index (χ3v) is 5.83. The van der Waals surface area contributed by atoms with Gasteiger partial charge < -0.3 is 5.11 Å². The first-order valence-corrected chi connectivity index (χ1v) is 8.07. The fourth-order valence-corrected chi connectivity index (χ4v) is 4.24. The Bertz CT molecular complexity index is 546. The van der Waals surface area contributed by atoms with E-state index in [0.29, 0.717) is 18.0 Å². The van der Waals surface area contributed by atoms with Gasteiger partial charge in [-0.3, -0.25) is 0 Å². The first kappa shape index (κ1) is 14.5. The fourth-order valence-electron chi connectivity index (χ4n) is 2.46. The summed E-state index contributed by atoms with van der Waals surface area (Å²) < 4.78 is 26.8. The highest BCUT2D eigenvalue weighted by atomic mass is 32.2. The van der Waals surface area contributed by atoms with Crippen molar-refractivity contribution in [3.63, 3.8) is 0 Å². The van der Waals surface area contributed by atoms with Gasteiger partial charge in [-0.25, -0.2) is 8.42 Å². The largest absolute Gasteiger partial charge is 0.396 e. The molecule has 0 radical (unpaired) electrons. The second-order valence-electron chi connectivity index (χ2n) is 5.30. The molecule has 4 nitrogen and oxygen atoms in total. The predicted octanol–water partition coefficient (Wildman–Crippen LogP) is 1.70. The number of benzene rings is 1. The van der Waals surface area contributed by atoms with Crippen LogP contribution in [0.2, 0.25) is 0 Å². The molecule has 0 aliphatic carbocycles. The molecule has 1 aromatic rings. The quantitative estimate of drug-likeness (QED) is 0.918. The Morgan fingerprint density at radius 1 is 1.26 bits per heavy atom. The van der Waals surface area contributed by atoms with Crippen LogP contribution in [-0.4, -0.2) is 37.5 Å². The topological polar surface area (TPSA) is 57.6 Å². The predicted molar refractivity (Wildman–Crippen MR) is 74.5 cm³/mol. The summed E-state index contributed by atoms with van der Waals surface area (Å²) in [6.07, 6.45) is 1.47. The van der Waals surface area contributed by atoms with Crippen LogP contribution in [-0.2, 0) is 10.0 Å². The number of nitrogens with zero attached hydrogens (tertiary/aromatic N) is 1. The van der Waals surface area contributed by atoms with Gasteiger partial charge in [-0.05, 0) is 49.8 Å². The number of aryl methyl sites for hydroxylation is 2. The van der Waals surface area contributed by atoms with E-state index in [1.807, 2.05) is 26.0 Å². The van der Waals surface area contributed by atoms with Gasteiger partial charge in [-0.1, -0.05) is 12.1 Å². The minimum atomic E-state index is -3.40. The minimum absolute atomic E-state index is 0.150. The highest BCUT2D eigenvalue weighted by molar-refractivity contribution is 7.89. The summed E-state index contributed by atoms with van der Waals surface area (Å²) >= 11 is 0. The Labute approximate surface area is 115 Å². The monoisotopic (exact) mass is 283 g/mol. The van der Waals surface area contributed by atoms with Crippen molar-refractivity contribution in [1.82, 2.24) is 4.31 Å². The highest BCUT2D eigenvalue weighted by Crippen LogP contribution is 2.26. The van der Waals surface area contributed by atoms with Crippen molar-refractivity contribution in [3.8, 4) is 0 Å². The fraction of sp³-hybridized carbons (Fsp3) is 0.571. The normalized spacial score (nSPS) is 18.7. The lowest BCUT2D eigenvalue weighted by molar-refractivity contribution is 0.170. The summed E-state index contributed by atoms with van der Waals surface area (Å²) in [6.45, 7) is 4.88. The zero-order chi connectivity index (χ0) is 14.0. The van der Waals surface area contributed by atoms with E-state index < -0.39 is 10.0 Å². The van der Waals surface area contributed by atoms with Crippen LogP contribution in [0.3, 0.4) is 0 Å². The molecular formula is C14H21NO3S. The van der Waals surface area contributed by atoms with E-state index in [-0.39, 0.29) is 12.5 Å². The number of aliphatic hydroxyl groups excluding tert-OH is 1. The molecule has 5 heteroatoms. The van der Waals surface area contributed by atoms with Crippen LogP contribution in [0.1, 0.15) is 24.0 Å². The molecule has 0 saturated carbocycles. The van der Waals surface area contributed by atoms with E-state index in [1.54, 1.807) is 10.4 Å². The zero-order valence-electron chi connectivity index (χ0n) is 11.5. The summed E-state index contributed by atoms with van der Waals surface area (Å²) in [5, 5.41) is 9.11. The molecule has 1 aliphatic heterocycles. The Hall–Kier alpha value is -0.910. The third-order valence-electron chi connectivity index (χ3n) is 3.79. The van der Waals surface area contributed by atoms with E-state index in [0.717, 1.165) is 24.0 Å². The second-order valence-corrected chi connectivity index (χ2v) is 7.21. The number of hydrogen-bond donors (Lipinski definition) is 1. The van der Waals surface area contributed by atoms with Crippen molar-refractivity contribution in [2.75, 3.05) is 19.7 Å². The molecule has 0 unspecified atom stereocenters. The summed E-state index contributed by atoms with van der Waals surface area (Å²) in [6, 6.07) is 5.51. The van der Waals surface area contributed by atoms with E-state index >= 15 is 0 Å². The molecule has 19 heavy (non-hydrogen) atoms. The van der Waals surface area contributed by atoms with Crippen molar-refractivity contribution in [2.45, 2.75) is 31.6 Å². The Morgan fingerprint density at radius 3 is 2.47 bits per heavy atom. The van der Waals surface area contributed by atoms with Gasteiger partial charge in [-0.15, -0.1) is 0 Å².